The zero-order chi connectivity index (χ0) is 15.1. The first kappa shape index (κ1) is 13.7. The molecule has 2 aromatic rings. The van der Waals surface area contributed by atoms with E-state index in [2.05, 4.69) is 27.2 Å². The normalized spacial score (nSPS) is 28.7. The average molecular weight is 299 g/mol. The second-order valence-electron chi connectivity index (χ2n) is 6.48. The lowest BCUT2D eigenvalue weighted by Crippen LogP contribution is -2.55. The van der Waals surface area contributed by atoms with Crippen LogP contribution < -0.4 is 5.32 Å². The summed E-state index contributed by atoms with van der Waals surface area (Å²) in [5.41, 5.74) is 1.03. The first-order chi connectivity index (χ1) is 10.7. The predicted molar refractivity (Wildman–Crippen MR) is 82.7 cm³/mol. The molecule has 0 saturated carbocycles. The molecule has 2 aliphatic rings. The highest BCUT2D eigenvalue weighted by atomic mass is 16.2. The van der Waals surface area contributed by atoms with Crippen LogP contribution in [0.15, 0.2) is 24.8 Å². The third kappa shape index (κ3) is 2.27. The van der Waals surface area contributed by atoms with E-state index >= 15 is 0 Å². The number of nitrogens with zero attached hydrogens (tertiary/aromatic N) is 4. The zero-order valence-electron chi connectivity index (χ0n) is 12.8. The van der Waals surface area contributed by atoms with Crippen LogP contribution in [0.4, 0.5) is 0 Å². The Balaban J connectivity index is 1.52. The van der Waals surface area contributed by atoms with Crippen molar-refractivity contribution in [1.29, 1.82) is 0 Å². The van der Waals surface area contributed by atoms with Crippen molar-refractivity contribution in [1.82, 2.24) is 24.6 Å². The molecule has 2 bridgehead atoms. The highest BCUT2D eigenvalue weighted by molar-refractivity contribution is 5.97. The molecular formula is C16H21N5O. The van der Waals surface area contributed by atoms with E-state index in [1.54, 1.807) is 18.6 Å². The van der Waals surface area contributed by atoms with Crippen LogP contribution in [0.3, 0.4) is 0 Å². The second kappa shape index (κ2) is 5.35. The van der Waals surface area contributed by atoms with Gasteiger partial charge in [-0.2, -0.15) is 0 Å². The second-order valence-corrected chi connectivity index (χ2v) is 6.48. The van der Waals surface area contributed by atoms with Crippen molar-refractivity contribution in [2.75, 3.05) is 7.05 Å². The lowest BCUT2D eigenvalue weighted by Gasteiger charge is -2.47. The standard InChI is InChI=1S/C16H21N5O/c1-20-12-3-2-4-13(20)10-11(9-12)19-16(22)14-15-18-6-8-21(15)7-5-17-14/h5-8,11-13H,2-4,9-10H2,1H3,(H,19,22). The monoisotopic (exact) mass is 299 g/mol. The molecule has 2 unspecified atom stereocenters. The number of fused-ring (bicyclic) bond motifs is 3. The van der Waals surface area contributed by atoms with E-state index in [1.807, 2.05) is 10.6 Å². The van der Waals surface area contributed by atoms with Crippen molar-refractivity contribution in [2.24, 2.45) is 0 Å². The van der Waals surface area contributed by atoms with Gasteiger partial charge in [0.05, 0.1) is 0 Å². The van der Waals surface area contributed by atoms with Crippen LogP contribution >= 0.6 is 0 Å². The van der Waals surface area contributed by atoms with Gasteiger partial charge in [-0.1, -0.05) is 6.42 Å². The fraction of sp³-hybridized carbons (Fsp3) is 0.562. The van der Waals surface area contributed by atoms with E-state index in [0.717, 1.165) is 12.8 Å². The van der Waals surface area contributed by atoms with E-state index in [0.29, 0.717) is 23.4 Å². The number of carbonyl (C=O) groups excluding carboxylic acids is 1. The lowest BCUT2D eigenvalue weighted by molar-refractivity contribution is 0.0462. The summed E-state index contributed by atoms with van der Waals surface area (Å²) in [6.45, 7) is 0. The molecule has 4 rings (SSSR count). The van der Waals surface area contributed by atoms with Crippen molar-refractivity contribution in [3.05, 3.63) is 30.5 Å². The molecule has 2 saturated heterocycles. The Morgan fingerprint density at radius 3 is 2.59 bits per heavy atom. The molecule has 22 heavy (non-hydrogen) atoms. The van der Waals surface area contributed by atoms with Crippen LogP contribution in [0.1, 0.15) is 42.6 Å². The van der Waals surface area contributed by atoms with Gasteiger partial charge in [0.15, 0.2) is 11.3 Å². The smallest absolute Gasteiger partial charge is 0.273 e. The summed E-state index contributed by atoms with van der Waals surface area (Å²) >= 11 is 0. The minimum Gasteiger partial charge on any atom is -0.348 e. The van der Waals surface area contributed by atoms with E-state index in [1.165, 1.54) is 19.3 Å². The molecule has 2 atom stereocenters. The number of imidazole rings is 1. The van der Waals surface area contributed by atoms with Crippen LogP contribution in [0, 0.1) is 0 Å². The number of nitrogens with one attached hydrogen (secondary N) is 1. The molecular weight excluding hydrogens is 278 g/mol. The number of amides is 1. The third-order valence-electron chi connectivity index (χ3n) is 5.20. The molecule has 4 heterocycles. The van der Waals surface area contributed by atoms with Gasteiger partial charge in [-0.25, -0.2) is 9.97 Å². The first-order valence-corrected chi connectivity index (χ1v) is 8.03. The largest absolute Gasteiger partial charge is 0.348 e. The minimum atomic E-state index is -0.107. The summed E-state index contributed by atoms with van der Waals surface area (Å²) in [5, 5.41) is 3.18. The van der Waals surface area contributed by atoms with Crippen molar-refractivity contribution in [2.45, 2.75) is 50.2 Å². The van der Waals surface area contributed by atoms with Crippen LogP contribution in [0.5, 0.6) is 0 Å². The highest BCUT2D eigenvalue weighted by Crippen LogP contribution is 2.32. The van der Waals surface area contributed by atoms with E-state index in [-0.39, 0.29) is 11.9 Å². The zero-order valence-corrected chi connectivity index (χ0v) is 12.8. The maximum absolute atomic E-state index is 12.6. The van der Waals surface area contributed by atoms with Gasteiger partial charge in [-0.3, -0.25) is 4.79 Å². The Morgan fingerprint density at radius 1 is 1.18 bits per heavy atom. The molecule has 1 amide bonds. The maximum atomic E-state index is 12.6. The molecule has 0 radical (unpaired) electrons. The molecule has 2 fully saturated rings. The summed E-state index contributed by atoms with van der Waals surface area (Å²) < 4.78 is 1.82. The Labute approximate surface area is 129 Å². The molecule has 6 nitrogen and oxygen atoms in total. The minimum absolute atomic E-state index is 0.107. The molecule has 0 spiro atoms. The van der Waals surface area contributed by atoms with Crippen molar-refractivity contribution < 1.29 is 4.79 Å². The molecule has 1 N–H and O–H groups in total. The van der Waals surface area contributed by atoms with Gasteiger partial charge in [0.25, 0.3) is 5.91 Å². The number of rotatable bonds is 2. The SMILES string of the molecule is CN1C2CCCC1CC(NC(=O)c1nccn3ccnc13)C2. The summed E-state index contributed by atoms with van der Waals surface area (Å²) in [4.78, 5) is 23.5. The van der Waals surface area contributed by atoms with Gasteiger partial charge in [-0.05, 0) is 32.7 Å². The Kier molecular flexibility index (Phi) is 3.33. The van der Waals surface area contributed by atoms with Crippen LogP contribution in [0.2, 0.25) is 0 Å². The van der Waals surface area contributed by atoms with Gasteiger partial charge in [0, 0.05) is 42.9 Å². The summed E-state index contributed by atoms with van der Waals surface area (Å²) in [5.74, 6) is -0.107. The fourth-order valence-corrected chi connectivity index (χ4v) is 4.00. The van der Waals surface area contributed by atoms with Crippen LogP contribution in [-0.4, -0.2) is 50.3 Å². The molecule has 116 valence electrons. The van der Waals surface area contributed by atoms with Gasteiger partial charge < -0.3 is 14.6 Å². The van der Waals surface area contributed by atoms with E-state index < -0.39 is 0 Å². The molecule has 2 aromatic heterocycles. The van der Waals surface area contributed by atoms with Gasteiger partial charge >= 0.3 is 0 Å². The lowest BCUT2D eigenvalue weighted by atomic mass is 9.82. The number of hydrogen-bond donors (Lipinski definition) is 1. The topological polar surface area (TPSA) is 62.5 Å². The average Bonchev–Trinajstić information content (AvgIpc) is 2.96. The highest BCUT2D eigenvalue weighted by Gasteiger charge is 2.36. The quantitative estimate of drug-likeness (QED) is 0.912. The Hall–Kier alpha value is -1.95. The molecule has 0 aliphatic carbocycles. The molecule has 2 aliphatic heterocycles. The summed E-state index contributed by atoms with van der Waals surface area (Å²) in [7, 11) is 2.22. The van der Waals surface area contributed by atoms with Crippen molar-refractivity contribution in [3.63, 3.8) is 0 Å². The van der Waals surface area contributed by atoms with E-state index in [9.17, 15) is 4.79 Å². The Bertz CT molecular complexity index is 683. The number of aromatic nitrogens is 3. The summed E-state index contributed by atoms with van der Waals surface area (Å²) in [6.07, 6.45) is 12.8. The van der Waals surface area contributed by atoms with Crippen molar-refractivity contribution >= 4 is 11.6 Å². The number of carbonyl (C=O) groups is 1. The van der Waals surface area contributed by atoms with Crippen LogP contribution in [-0.2, 0) is 0 Å². The van der Waals surface area contributed by atoms with Crippen molar-refractivity contribution in [3.8, 4) is 0 Å². The maximum Gasteiger partial charge on any atom is 0.273 e. The summed E-state index contributed by atoms with van der Waals surface area (Å²) in [6, 6.07) is 1.46. The first-order valence-electron chi connectivity index (χ1n) is 8.03. The number of hydrogen-bond acceptors (Lipinski definition) is 4. The van der Waals surface area contributed by atoms with Gasteiger partial charge in [0.1, 0.15) is 0 Å². The fourth-order valence-electron chi connectivity index (χ4n) is 4.00. The molecule has 0 aromatic carbocycles. The van der Waals surface area contributed by atoms with Gasteiger partial charge in [-0.15, -0.1) is 0 Å². The van der Waals surface area contributed by atoms with Crippen LogP contribution in [0.25, 0.3) is 5.65 Å². The third-order valence-corrected chi connectivity index (χ3v) is 5.20. The molecule has 6 heteroatoms. The predicted octanol–water partition coefficient (Wildman–Crippen LogP) is 1.47. The Morgan fingerprint density at radius 2 is 1.86 bits per heavy atom. The van der Waals surface area contributed by atoms with E-state index in [4.69, 9.17) is 0 Å². The van der Waals surface area contributed by atoms with Gasteiger partial charge in [0.2, 0.25) is 0 Å². The number of piperidine rings is 2.